The topological polar surface area (TPSA) is 129 Å². The maximum absolute atomic E-state index is 14.1. The number of hydrogen-bond donors (Lipinski definition) is 2. The van der Waals surface area contributed by atoms with Crippen molar-refractivity contribution in [1.82, 2.24) is 24.6 Å². The van der Waals surface area contributed by atoms with Gasteiger partial charge in [-0.25, -0.2) is 18.7 Å². The van der Waals surface area contributed by atoms with Gasteiger partial charge in [-0.2, -0.15) is 5.10 Å². The van der Waals surface area contributed by atoms with Crippen LogP contribution in [0.3, 0.4) is 0 Å². The van der Waals surface area contributed by atoms with E-state index < -0.39 is 18.0 Å². The Kier molecular flexibility index (Phi) is 12.7. The number of aromatic nitrogens is 4. The van der Waals surface area contributed by atoms with Gasteiger partial charge in [0.25, 0.3) is 12.3 Å². The third kappa shape index (κ3) is 10.3. The van der Waals surface area contributed by atoms with Crippen LogP contribution < -0.4 is 10.6 Å². The molecule has 1 amide bonds. The summed E-state index contributed by atoms with van der Waals surface area (Å²) < 4.78 is 53.2. The lowest BCUT2D eigenvalue weighted by atomic mass is 9.80. The number of hydrogen-bond acceptors (Lipinski definition) is 10. The molecule has 54 heavy (non-hydrogen) atoms. The van der Waals surface area contributed by atoms with Crippen molar-refractivity contribution < 1.29 is 32.2 Å². The number of carbonyl (C=O) groups excluding carboxylic acids is 1. The Labute approximate surface area is 316 Å². The van der Waals surface area contributed by atoms with Gasteiger partial charge in [0.2, 0.25) is 5.89 Å². The zero-order chi connectivity index (χ0) is 37.5. The Balaban J connectivity index is 0.791. The Hall–Kier alpha value is -3.72. The van der Waals surface area contributed by atoms with Gasteiger partial charge in [-0.3, -0.25) is 9.48 Å². The standard InChI is InChI=1S/C40H55F2N7O5/c1-27-19-30-9-11-40(21-27,22-30)54-18-17-52-16-15-51-14-13-48(2)24-29-5-7-32(8-6-29)49-25-33(36(47-49)37(41)42)45-38(50)34-26-53-39(46-34)31-10-12-43-35(20-31)44-23-28-3-4-28/h9-10,12,20,25-29,32,37H,3-8,11,13-19,21-24H2,1-2H3,(H,43,44)(H,45,50). The molecule has 2 N–H and O–H groups in total. The van der Waals surface area contributed by atoms with Gasteiger partial charge in [0.1, 0.15) is 12.1 Å². The van der Waals surface area contributed by atoms with E-state index in [4.69, 9.17) is 18.6 Å². The van der Waals surface area contributed by atoms with Crippen molar-refractivity contribution in [2.24, 2.45) is 17.8 Å². The van der Waals surface area contributed by atoms with Gasteiger partial charge in [-0.15, -0.1) is 0 Å². The van der Waals surface area contributed by atoms with E-state index >= 15 is 0 Å². The minimum absolute atomic E-state index is 0.0138. The van der Waals surface area contributed by atoms with Crippen LogP contribution in [0.25, 0.3) is 11.5 Å². The highest BCUT2D eigenvalue weighted by molar-refractivity contribution is 6.03. The normalized spacial score (nSPS) is 24.0. The smallest absolute Gasteiger partial charge is 0.284 e. The van der Waals surface area contributed by atoms with Crippen LogP contribution in [0.5, 0.6) is 0 Å². The summed E-state index contributed by atoms with van der Waals surface area (Å²) in [7, 11) is 2.11. The van der Waals surface area contributed by atoms with Gasteiger partial charge < -0.3 is 34.2 Å². The van der Waals surface area contributed by atoms with Gasteiger partial charge in [-0.1, -0.05) is 18.6 Å². The van der Waals surface area contributed by atoms with Gasteiger partial charge in [-0.05, 0) is 101 Å². The lowest BCUT2D eigenvalue weighted by molar-refractivity contribution is -0.0820. The summed E-state index contributed by atoms with van der Waals surface area (Å²) in [6.07, 6.45) is 14.4. The number of nitrogens with zero attached hydrogens (tertiary/aromatic N) is 5. The molecule has 0 radical (unpaired) electrons. The quantitative estimate of drug-likeness (QED) is 0.0883. The average molecular weight is 752 g/mol. The van der Waals surface area contributed by atoms with Gasteiger partial charge in [0.05, 0.1) is 50.4 Å². The zero-order valence-electron chi connectivity index (χ0n) is 31.6. The molecule has 0 aliphatic heterocycles. The van der Waals surface area contributed by atoms with Crippen LogP contribution >= 0.6 is 0 Å². The summed E-state index contributed by atoms with van der Waals surface area (Å²) in [5, 5.41) is 10.1. The second kappa shape index (κ2) is 17.8. The van der Waals surface area contributed by atoms with Crippen molar-refractivity contribution in [1.29, 1.82) is 0 Å². The number of rotatable bonds is 20. The molecule has 0 saturated heterocycles. The highest BCUT2D eigenvalue weighted by Crippen LogP contribution is 2.46. The Morgan fingerprint density at radius 3 is 2.67 bits per heavy atom. The van der Waals surface area contributed by atoms with Crippen LogP contribution in [0.1, 0.15) is 99.8 Å². The number of likely N-dealkylation sites (N-methyl/N-ethyl adjacent to an activating group) is 1. The van der Waals surface area contributed by atoms with E-state index in [1.807, 2.05) is 6.07 Å². The van der Waals surface area contributed by atoms with Crippen molar-refractivity contribution >= 4 is 17.4 Å². The van der Waals surface area contributed by atoms with Crippen molar-refractivity contribution in [2.75, 3.05) is 70.3 Å². The molecule has 0 spiro atoms. The molecule has 4 aliphatic rings. The molecule has 14 heteroatoms. The predicted octanol–water partition coefficient (Wildman–Crippen LogP) is 7.55. The van der Waals surface area contributed by atoms with Crippen molar-refractivity contribution in [3.05, 3.63) is 53.8 Å². The fourth-order valence-electron chi connectivity index (χ4n) is 8.28. The first-order valence-electron chi connectivity index (χ1n) is 19.7. The summed E-state index contributed by atoms with van der Waals surface area (Å²) in [5.41, 5.74) is 1.75. The number of alkyl halides is 2. The molecule has 294 valence electrons. The van der Waals surface area contributed by atoms with Gasteiger partial charge >= 0.3 is 0 Å². The molecule has 7 rings (SSSR count). The SMILES string of the molecule is CC1CC2=CCC(OCCOCCOCCN(C)CC3CCC(n4cc(NC(=O)c5coc(-c6ccnc(NCC7CC7)c6)n5)c(C(F)F)n4)CC3)(C2)C1. The summed E-state index contributed by atoms with van der Waals surface area (Å²) in [6.45, 7) is 7.92. The van der Waals surface area contributed by atoms with E-state index in [9.17, 15) is 13.6 Å². The van der Waals surface area contributed by atoms with E-state index in [1.165, 1.54) is 31.7 Å². The Morgan fingerprint density at radius 2 is 1.87 bits per heavy atom. The Morgan fingerprint density at radius 1 is 1.09 bits per heavy atom. The number of carbonyl (C=O) groups is 1. The van der Waals surface area contributed by atoms with Gasteiger partial charge in [0, 0.05) is 37.6 Å². The average Bonchev–Trinajstić information content (AvgIpc) is 3.53. The number of nitrogens with one attached hydrogen (secondary N) is 2. The third-order valence-electron chi connectivity index (χ3n) is 11.3. The molecule has 4 aliphatic carbocycles. The number of halogens is 2. The number of anilines is 2. The summed E-state index contributed by atoms with van der Waals surface area (Å²) in [6, 6.07) is 3.53. The highest BCUT2D eigenvalue weighted by Gasteiger charge is 2.41. The number of fused-ring (bicyclic) bond motifs is 2. The molecule has 3 aromatic heterocycles. The van der Waals surface area contributed by atoms with E-state index in [2.05, 4.69) is 50.6 Å². The van der Waals surface area contributed by atoms with E-state index in [0.29, 0.717) is 62.2 Å². The lowest BCUT2D eigenvalue weighted by Crippen LogP contribution is -2.36. The fourth-order valence-corrected chi connectivity index (χ4v) is 8.28. The van der Waals surface area contributed by atoms with Crippen molar-refractivity contribution in [3.8, 4) is 11.5 Å². The van der Waals surface area contributed by atoms with Crippen LogP contribution in [0, 0.1) is 17.8 Å². The fraction of sp³-hybridized carbons (Fsp3) is 0.650. The maximum Gasteiger partial charge on any atom is 0.284 e. The second-order valence-corrected chi connectivity index (χ2v) is 15.9. The van der Waals surface area contributed by atoms with Crippen LogP contribution in [-0.2, 0) is 14.2 Å². The van der Waals surface area contributed by atoms with Crippen LogP contribution in [0.2, 0.25) is 0 Å². The minimum Gasteiger partial charge on any atom is -0.444 e. The van der Waals surface area contributed by atoms with Crippen molar-refractivity contribution in [2.45, 2.75) is 89.2 Å². The second-order valence-electron chi connectivity index (χ2n) is 15.9. The molecule has 3 heterocycles. The number of oxazole rings is 1. The molecule has 2 atom stereocenters. The molecule has 3 fully saturated rings. The first-order valence-corrected chi connectivity index (χ1v) is 19.7. The predicted molar refractivity (Wildman–Crippen MR) is 201 cm³/mol. The summed E-state index contributed by atoms with van der Waals surface area (Å²) in [5.74, 6) is 2.19. The van der Waals surface area contributed by atoms with Gasteiger partial charge in [0.15, 0.2) is 11.4 Å². The summed E-state index contributed by atoms with van der Waals surface area (Å²) >= 11 is 0. The molecule has 12 nitrogen and oxygen atoms in total. The highest BCUT2D eigenvalue weighted by atomic mass is 19.3. The Bertz CT molecular complexity index is 1720. The molecule has 2 bridgehead atoms. The van der Waals surface area contributed by atoms with E-state index in [-0.39, 0.29) is 28.9 Å². The van der Waals surface area contributed by atoms with Crippen molar-refractivity contribution in [3.63, 3.8) is 0 Å². The first kappa shape index (κ1) is 38.6. The van der Waals surface area contributed by atoms with E-state index in [1.54, 1.807) is 22.5 Å². The molecule has 0 aromatic carbocycles. The number of pyridine rings is 1. The lowest BCUT2D eigenvalue weighted by Gasteiger charge is -2.36. The number of amides is 1. The molecule has 3 aromatic rings. The third-order valence-corrected chi connectivity index (χ3v) is 11.3. The minimum atomic E-state index is -2.84. The molecular weight excluding hydrogens is 696 g/mol. The van der Waals surface area contributed by atoms with E-state index in [0.717, 1.165) is 64.6 Å². The maximum atomic E-state index is 14.1. The van der Waals surface area contributed by atoms with Crippen LogP contribution in [0.15, 0.2) is 46.9 Å². The zero-order valence-corrected chi connectivity index (χ0v) is 31.6. The van der Waals surface area contributed by atoms with Crippen LogP contribution in [-0.4, -0.2) is 95.9 Å². The summed E-state index contributed by atoms with van der Waals surface area (Å²) in [4.78, 5) is 24.0. The monoisotopic (exact) mass is 751 g/mol. The number of ether oxygens (including phenoxy) is 3. The largest absolute Gasteiger partial charge is 0.444 e. The first-order chi connectivity index (χ1) is 26.2. The van der Waals surface area contributed by atoms with Crippen LogP contribution in [0.4, 0.5) is 20.3 Å². The molecular formula is C40H55F2N7O5. The molecule has 2 unspecified atom stereocenters. The molecule has 3 saturated carbocycles.